The molecule has 0 saturated heterocycles. The standard InChI is InChI=1S/C18H18F3NO4/c1-2-25-15(9-17(23)24)13-5-8-16(22-10-13)26-11-12-3-6-14(7-4-12)18(19,20)21/h3-8,10,15H,2,9,11H2,1H3,(H,23,24)/t15-/m0/s1. The van der Waals surface area contributed by atoms with Crippen molar-refractivity contribution >= 4 is 5.97 Å². The van der Waals surface area contributed by atoms with Crippen LogP contribution in [-0.4, -0.2) is 22.7 Å². The van der Waals surface area contributed by atoms with E-state index >= 15 is 0 Å². The van der Waals surface area contributed by atoms with Gasteiger partial charge in [-0.15, -0.1) is 0 Å². The van der Waals surface area contributed by atoms with Crippen LogP contribution in [0, 0.1) is 0 Å². The molecule has 0 spiro atoms. The summed E-state index contributed by atoms with van der Waals surface area (Å²) < 4.78 is 48.4. The van der Waals surface area contributed by atoms with Gasteiger partial charge >= 0.3 is 12.1 Å². The maximum atomic E-state index is 12.5. The minimum atomic E-state index is -4.37. The number of carboxylic acid groups (broad SMARTS) is 1. The van der Waals surface area contributed by atoms with E-state index in [1.165, 1.54) is 18.3 Å². The fourth-order valence-corrected chi connectivity index (χ4v) is 2.25. The molecule has 0 aliphatic carbocycles. The molecule has 0 radical (unpaired) electrons. The summed E-state index contributed by atoms with van der Waals surface area (Å²) >= 11 is 0. The van der Waals surface area contributed by atoms with Crippen molar-refractivity contribution in [1.29, 1.82) is 0 Å². The van der Waals surface area contributed by atoms with Crippen LogP contribution in [-0.2, 0) is 22.3 Å². The number of carboxylic acids is 1. The van der Waals surface area contributed by atoms with Crippen molar-refractivity contribution in [2.45, 2.75) is 32.2 Å². The molecule has 0 amide bonds. The third-order valence-electron chi connectivity index (χ3n) is 3.53. The molecule has 1 N–H and O–H groups in total. The fraction of sp³-hybridized carbons (Fsp3) is 0.333. The molecule has 1 atom stereocenters. The number of halogens is 3. The number of hydrogen-bond acceptors (Lipinski definition) is 4. The zero-order valence-electron chi connectivity index (χ0n) is 14.0. The third-order valence-corrected chi connectivity index (χ3v) is 3.53. The Morgan fingerprint density at radius 1 is 1.19 bits per heavy atom. The van der Waals surface area contributed by atoms with Crippen molar-refractivity contribution in [2.75, 3.05) is 6.61 Å². The Hall–Kier alpha value is -2.61. The van der Waals surface area contributed by atoms with E-state index in [-0.39, 0.29) is 18.9 Å². The molecule has 2 aromatic rings. The van der Waals surface area contributed by atoms with Crippen molar-refractivity contribution in [3.8, 4) is 5.88 Å². The number of aliphatic carboxylic acids is 1. The zero-order chi connectivity index (χ0) is 19.2. The minimum absolute atomic E-state index is 0.0640. The molecular formula is C18H18F3NO4. The highest BCUT2D eigenvalue weighted by atomic mass is 19.4. The van der Waals surface area contributed by atoms with Crippen LogP contribution < -0.4 is 4.74 Å². The van der Waals surface area contributed by atoms with Gasteiger partial charge in [-0.05, 0) is 36.2 Å². The molecule has 0 aliphatic rings. The van der Waals surface area contributed by atoms with Gasteiger partial charge in [0.1, 0.15) is 6.61 Å². The van der Waals surface area contributed by atoms with Crippen molar-refractivity contribution in [2.24, 2.45) is 0 Å². The molecule has 1 aromatic heterocycles. The van der Waals surface area contributed by atoms with E-state index in [1.54, 1.807) is 19.1 Å². The van der Waals surface area contributed by atoms with Gasteiger partial charge in [-0.1, -0.05) is 12.1 Å². The molecule has 26 heavy (non-hydrogen) atoms. The SMILES string of the molecule is CCO[C@@H](CC(=O)O)c1ccc(OCc2ccc(C(F)(F)F)cc2)nc1. The molecule has 0 bridgehead atoms. The van der Waals surface area contributed by atoms with E-state index in [4.69, 9.17) is 14.6 Å². The lowest BCUT2D eigenvalue weighted by Crippen LogP contribution is -2.10. The van der Waals surface area contributed by atoms with Crippen molar-refractivity contribution < 1.29 is 32.5 Å². The van der Waals surface area contributed by atoms with E-state index in [1.807, 2.05) is 0 Å². The molecule has 0 unspecified atom stereocenters. The fourth-order valence-electron chi connectivity index (χ4n) is 2.25. The van der Waals surface area contributed by atoms with Crippen LogP contribution in [0.4, 0.5) is 13.2 Å². The zero-order valence-corrected chi connectivity index (χ0v) is 14.0. The topological polar surface area (TPSA) is 68.7 Å². The van der Waals surface area contributed by atoms with Crippen LogP contribution in [0.5, 0.6) is 5.88 Å². The minimum Gasteiger partial charge on any atom is -0.481 e. The number of nitrogens with zero attached hydrogens (tertiary/aromatic N) is 1. The predicted octanol–water partition coefficient (Wildman–Crippen LogP) is 4.23. The third kappa shape index (κ3) is 5.73. The molecule has 1 aromatic carbocycles. The van der Waals surface area contributed by atoms with Crippen LogP contribution in [0.3, 0.4) is 0 Å². The van der Waals surface area contributed by atoms with Crippen LogP contribution >= 0.6 is 0 Å². The molecule has 0 fully saturated rings. The molecule has 0 aliphatic heterocycles. The molecule has 2 rings (SSSR count). The van der Waals surface area contributed by atoms with Gasteiger partial charge < -0.3 is 14.6 Å². The van der Waals surface area contributed by atoms with Gasteiger partial charge in [-0.3, -0.25) is 4.79 Å². The summed E-state index contributed by atoms with van der Waals surface area (Å²) in [4.78, 5) is 15.0. The lowest BCUT2D eigenvalue weighted by atomic mass is 10.1. The van der Waals surface area contributed by atoms with E-state index in [2.05, 4.69) is 4.98 Å². The summed E-state index contributed by atoms with van der Waals surface area (Å²) in [5.41, 5.74) is 0.460. The van der Waals surface area contributed by atoms with Gasteiger partial charge in [0.2, 0.25) is 5.88 Å². The number of rotatable bonds is 8. The monoisotopic (exact) mass is 369 g/mol. The molecular weight excluding hydrogens is 351 g/mol. The Balaban J connectivity index is 1.97. The summed E-state index contributed by atoms with van der Waals surface area (Å²) in [5.74, 6) is -0.703. The number of aromatic nitrogens is 1. The van der Waals surface area contributed by atoms with Gasteiger partial charge in [0.15, 0.2) is 0 Å². The highest BCUT2D eigenvalue weighted by Gasteiger charge is 2.29. The number of ether oxygens (including phenoxy) is 2. The average molecular weight is 369 g/mol. The number of pyridine rings is 1. The first-order chi connectivity index (χ1) is 12.3. The number of benzene rings is 1. The maximum Gasteiger partial charge on any atom is 0.416 e. The van der Waals surface area contributed by atoms with E-state index < -0.39 is 23.8 Å². The number of alkyl halides is 3. The van der Waals surface area contributed by atoms with Gasteiger partial charge in [-0.2, -0.15) is 13.2 Å². The van der Waals surface area contributed by atoms with Gasteiger partial charge in [-0.25, -0.2) is 4.98 Å². The van der Waals surface area contributed by atoms with Crippen molar-refractivity contribution in [3.05, 3.63) is 59.3 Å². The lowest BCUT2D eigenvalue weighted by molar-refractivity contribution is -0.140. The number of hydrogen-bond donors (Lipinski definition) is 1. The lowest BCUT2D eigenvalue weighted by Gasteiger charge is -2.15. The predicted molar refractivity (Wildman–Crippen MR) is 86.6 cm³/mol. The van der Waals surface area contributed by atoms with E-state index in [0.29, 0.717) is 17.7 Å². The summed E-state index contributed by atoms with van der Waals surface area (Å²) in [6.45, 7) is 2.20. The first-order valence-corrected chi connectivity index (χ1v) is 7.88. The smallest absolute Gasteiger partial charge is 0.416 e. The summed E-state index contributed by atoms with van der Waals surface area (Å²) in [7, 11) is 0. The summed E-state index contributed by atoms with van der Waals surface area (Å²) in [5, 5.41) is 8.91. The van der Waals surface area contributed by atoms with Gasteiger partial charge in [0.25, 0.3) is 0 Å². The second-order valence-corrected chi connectivity index (χ2v) is 5.45. The van der Waals surface area contributed by atoms with Gasteiger partial charge in [0.05, 0.1) is 18.1 Å². The molecule has 8 heteroatoms. The second kappa shape index (κ2) is 8.66. The largest absolute Gasteiger partial charge is 0.481 e. The summed E-state index contributed by atoms with van der Waals surface area (Å²) in [6, 6.07) is 7.89. The Kier molecular flexibility index (Phi) is 6.57. The molecule has 5 nitrogen and oxygen atoms in total. The van der Waals surface area contributed by atoms with Crippen LogP contribution in [0.1, 0.15) is 36.1 Å². The molecule has 140 valence electrons. The Morgan fingerprint density at radius 3 is 2.38 bits per heavy atom. The van der Waals surface area contributed by atoms with Crippen LogP contribution in [0.2, 0.25) is 0 Å². The van der Waals surface area contributed by atoms with Gasteiger partial charge in [0, 0.05) is 18.9 Å². The summed E-state index contributed by atoms with van der Waals surface area (Å²) in [6.07, 6.45) is -3.69. The first kappa shape index (κ1) is 19.7. The second-order valence-electron chi connectivity index (χ2n) is 5.45. The Labute approximate surface area is 148 Å². The quantitative estimate of drug-likeness (QED) is 0.754. The van der Waals surface area contributed by atoms with Crippen molar-refractivity contribution in [3.63, 3.8) is 0 Å². The number of carbonyl (C=O) groups is 1. The van der Waals surface area contributed by atoms with E-state index in [9.17, 15) is 18.0 Å². The Morgan fingerprint density at radius 2 is 1.88 bits per heavy atom. The molecule has 0 saturated carbocycles. The highest BCUT2D eigenvalue weighted by molar-refractivity contribution is 5.67. The first-order valence-electron chi connectivity index (χ1n) is 7.88. The normalized spacial score (nSPS) is 12.6. The van der Waals surface area contributed by atoms with E-state index in [0.717, 1.165) is 12.1 Å². The average Bonchev–Trinajstić information content (AvgIpc) is 2.59. The Bertz CT molecular complexity index is 715. The van der Waals surface area contributed by atoms with Crippen LogP contribution in [0.15, 0.2) is 42.6 Å². The van der Waals surface area contributed by atoms with Crippen molar-refractivity contribution in [1.82, 2.24) is 4.98 Å². The molecule has 1 heterocycles. The van der Waals surface area contributed by atoms with Crippen LogP contribution in [0.25, 0.3) is 0 Å². The maximum absolute atomic E-state index is 12.5. The highest BCUT2D eigenvalue weighted by Crippen LogP contribution is 2.29.